The lowest BCUT2D eigenvalue weighted by atomic mass is 10.0. The van der Waals surface area contributed by atoms with Crippen LogP contribution in [0.25, 0.3) is 10.9 Å². The molecule has 4 rings (SSSR count). The lowest BCUT2D eigenvalue weighted by molar-refractivity contribution is 0.0735. The lowest BCUT2D eigenvalue weighted by Gasteiger charge is -2.27. The van der Waals surface area contributed by atoms with Gasteiger partial charge in [0, 0.05) is 65.3 Å². The molecule has 1 aromatic heterocycles. The van der Waals surface area contributed by atoms with Gasteiger partial charge in [-0.05, 0) is 50.2 Å². The first-order valence-corrected chi connectivity index (χ1v) is 11.7. The quantitative estimate of drug-likeness (QED) is 0.658. The van der Waals surface area contributed by atoms with E-state index in [0.29, 0.717) is 30.1 Å². The van der Waals surface area contributed by atoms with Gasteiger partial charge in [-0.3, -0.25) is 4.79 Å². The standard InChI is InChI=1S/C22H24ClN3O3S/c1-14(2)25(3)30(28,29)17-6-4-5-15(11-17)22(27)26-10-9-21-19(13-26)18-12-16(23)7-8-20(18)24-21/h4-8,11-12,14,24H,9-10,13H2,1-3H3. The average Bonchev–Trinajstić information content (AvgIpc) is 3.09. The molecule has 0 saturated carbocycles. The molecule has 8 heteroatoms. The zero-order valence-electron chi connectivity index (χ0n) is 17.1. The molecule has 0 radical (unpaired) electrons. The van der Waals surface area contributed by atoms with E-state index >= 15 is 0 Å². The zero-order valence-corrected chi connectivity index (χ0v) is 18.7. The van der Waals surface area contributed by atoms with Crippen LogP contribution in [-0.4, -0.2) is 48.1 Å². The number of benzene rings is 2. The van der Waals surface area contributed by atoms with E-state index in [1.165, 1.54) is 16.4 Å². The van der Waals surface area contributed by atoms with Crippen molar-refractivity contribution >= 4 is 38.4 Å². The van der Waals surface area contributed by atoms with Crippen LogP contribution in [0.3, 0.4) is 0 Å². The van der Waals surface area contributed by atoms with Crippen LogP contribution in [0.4, 0.5) is 0 Å². The monoisotopic (exact) mass is 445 g/mol. The summed E-state index contributed by atoms with van der Waals surface area (Å²) in [6.45, 7) is 4.64. The Bertz CT molecular complexity index is 1230. The molecule has 1 N–H and O–H groups in total. The number of nitrogens with zero attached hydrogens (tertiary/aromatic N) is 2. The fourth-order valence-corrected chi connectivity index (χ4v) is 5.36. The van der Waals surface area contributed by atoms with Crippen LogP contribution in [0.15, 0.2) is 47.4 Å². The molecule has 1 amide bonds. The molecule has 2 aromatic carbocycles. The summed E-state index contributed by atoms with van der Waals surface area (Å²) in [5.41, 5.74) is 3.56. The Labute approximate surface area is 181 Å². The van der Waals surface area contributed by atoms with Gasteiger partial charge in [0.05, 0.1) is 4.90 Å². The molecule has 6 nitrogen and oxygen atoms in total. The Balaban J connectivity index is 1.64. The van der Waals surface area contributed by atoms with Crippen molar-refractivity contribution in [2.24, 2.45) is 0 Å². The maximum atomic E-state index is 13.2. The summed E-state index contributed by atoms with van der Waals surface area (Å²) < 4.78 is 26.9. The van der Waals surface area contributed by atoms with E-state index in [4.69, 9.17) is 11.6 Å². The summed E-state index contributed by atoms with van der Waals surface area (Å²) in [4.78, 5) is 18.5. The van der Waals surface area contributed by atoms with Gasteiger partial charge in [-0.25, -0.2) is 8.42 Å². The number of aromatic amines is 1. The number of fused-ring (bicyclic) bond motifs is 3. The van der Waals surface area contributed by atoms with Gasteiger partial charge in [0.2, 0.25) is 10.0 Å². The van der Waals surface area contributed by atoms with Crippen LogP contribution in [0, 0.1) is 0 Å². The van der Waals surface area contributed by atoms with Gasteiger partial charge in [-0.1, -0.05) is 17.7 Å². The van der Waals surface area contributed by atoms with Gasteiger partial charge in [0.15, 0.2) is 0 Å². The number of halogens is 1. The minimum Gasteiger partial charge on any atom is -0.358 e. The first-order valence-electron chi connectivity index (χ1n) is 9.85. The Hall–Kier alpha value is -2.35. The number of aromatic nitrogens is 1. The van der Waals surface area contributed by atoms with E-state index in [-0.39, 0.29) is 16.8 Å². The maximum Gasteiger partial charge on any atom is 0.254 e. The van der Waals surface area contributed by atoms with Crippen molar-refractivity contribution in [3.05, 3.63) is 64.3 Å². The van der Waals surface area contributed by atoms with E-state index in [1.54, 1.807) is 24.1 Å². The number of carbonyl (C=O) groups is 1. The minimum atomic E-state index is -3.66. The molecule has 30 heavy (non-hydrogen) atoms. The zero-order chi connectivity index (χ0) is 21.6. The third kappa shape index (κ3) is 3.62. The van der Waals surface area contributed by atoms with E-state index in [0.717, 1.165) is 22.2 Å². The Kier molecular flexibility index (Phi) is 5.38. The summed E-state index contributed by atoms with van der Waals surface area (Å²) in [6.07, 6.45) is 0.710. The van der Waals surface area contributed by atoms with Gasteiger partial charge in [-0.2, -0.15) is 4.31 Å². The van der Waals surface area contributed by atoms with Gasteiger partial charge >= 0.3 is 0 Å². The summed E-state index contributed by atoms with van der Waals surface area (Å²) in [6, 6.07) is 11.8. The van der Waals surface area contributed by atoms with E-state index in [1.807, 2.05) is 32.0 Å². The summed E-state index contributed by atoms with van der Waals surface area (Å²) in [5, 5.41) is 1.67. The van der Waals surface area contributed by atoms with Crippen LogP contribution >= 0.6 is 11.6 Å². The smallest absolute Gasteiger partial charge is 0.254 e. The van der Waals surface area contributed by atoms with E-state index in [2.05, 4.69) is 4.98 Å². The van der Waals surface area contributed by atoms with Crippen LogP contribution in [0.2, 0.25) is 5.02 Å². The third-order valence-electron chi connectivity index (χ3n) is 5.71. The van der Waals surface area contributed by atoms with Crippen LogP contribution < -0.4 is 0 Å². The number of nitrogens with one attached hydrogen (secondary N) is 1. The fourth-order valence-electron chi connectivity index (χ4n) is 3.78. The van der Waals surface area contributed by atoms with Crippen molar-refractivity contribution in [2.75, 3.05) is 13.6 Å². The highest BCUT2D eigenvalue weighted by atomic mass is 35.5. The van der Waals surface area contributed by atoms with Gasteiger partial charge in [0.1, 0.15) is 0 Å². The Morgan fingerprint density at radius 2 is 1.97 bits per heavy atom. The number of carbonyl (C=O) groups excluding carboxylic acids is 1. The van der Waals surface area contributed by atoms with Gasteiger partial charge in [-0.15, -0.1) is 0 Å². The number of hydrogen-bond donors (Lipinski definition) is 1. The molecule has 0 aliphatic carbocycles. The second kappa shape index (κ2) is 7.72. The molecule has 0 unspecified atom stereocenters. The van der Waals surface area contributed by atoms with Crippen molar-refractivity contribution in [3.8, 4) is 0 Å². The molecule has 0 saturated heterocycles. The molecular weight excluding hydrogens is 422 g/mol. The largest absolute Gasteiger partial charge is 0.358 e. The third-order valence-corrected chi connectivity index (χ3v) is 7.97. The molecule has 158 valence electrons. The predicted octanol–water partition coefficient (Wildman–Crippen LogP) is 4.05. The number of amides is 1. The van der Waals surface area contributed by atoms with E-state index < -0.39 is 10.0 Å². The van der Waals surface area contributed by atoms with Gasteiger partial charge in [0.25, 0.3) is 5.91 Å². The average molecular weight is 446 g/mol. The molecule has 0 atom stereocenters. The molecule has 0 bridgehead atoms. The highest BCUT2D eigenvalue weighted by Gasteiger charge is 2.27. The van der Waals surface area contributed by atoms with Crippen molar-refractivity contribution < 1.29 is 13.2 Å². The van der Waals surface area contributed by atoms with Crippen molar-refractivity contribution in [1.29, 1.82) is 0 Å². The van der Waals surface area contributed by atoms with Crippen molar-refractivity contribution in [1.82, 2.24) is 14.2 Å². The topological polar surface area (TPSA) is 73.5 Å². The Morgan fingerprint density at radius 1 is 1.20 bits per heavy atom. The van der Waals surface area contributed by atoms with Crippen LogP contribution in [0.1, 0.15) is 35.5 Å². The molecule has 1 aliphatic rings. The van der Waals surface area contributed by atoms with Crippen molar-refractivity contribution in [2.45, 2.75) is 37.8 Å². The number of sulfonamides is 1. The van der Waals surface area contributed by atoms with Crippen LogP contribution in [-0.2, 0) is 23.0 Å². The maximum absolute atomic E-state index is 13.2. The molecule has 1 aliphatic heterocycles. The fraction of sp³-hybridized carbons (Fsp3) is 0.318. The predicted molar refractivity (Wildman–Crippen MR) is 118 cm³/mol. The minimum absolute atomic E-state index is 0.126. The first kappa shape index (κ1) is 20.9. The molecule has 2 heterocycles. The molecular formula is C22H24ClN3O3S. The van der Waals surface area contributed by atoms with Crippen LogP contribution in [0.5, 0.6) is 0 Å². The number of hydrogen-bond acceptors (Lipinski definition) is 3. The highest BCUT2D eigenvalue weighted by Crippen LogP contribution is 2.30. The lowest BCUT2D eigenvalue weighted by Crippen LogP contribution is -2.36. The molecule has 3 aromatic rings. The SMILES string of the molecule is CC(C)N(C)S(=O)(=O)c1cccc(C(=O)N2CCc3[nH]c4ccc(Cl)cc4c3C2)c1. The second-order valence-corrected chi connectivity index (χ2v) is 10.3. The normalized spacial score (nSPS) is 14.5. The highest BCUT2D eigenvalue weighted by molar-refractivity contribution is 7.89. The summed E-state index contributed by atoms with van der Waals surface area (Å²) in [7, 11) is -2.11. The van der Waals surface area contributed by atoms with E-state index in [9.17, 15) is 13.2 Å². The summed E-state index contributed by atoms with van der Waals surface area (Å²) >= 11 is 6.17. The number of rotatable bonds is 4. The van der Waals surface area contributed by atoms with Crippen molar-refractivity contribution in [3.63, 3.8) is 0 Å². The molecule has 0 fully saturated rings. The Morgan fingerprint density at radius 3 is 2.70 bits per heavy atom. The second-order valence-electron chi connectivity index (χ2n) is 7.89. The van der Waals surface area contributed by atoms with Gasteiger partial charge < -0.3 is 9.88 Å². The number of H-pyrrole nitrogens is 1. The molecule has 0 spiro atoms. The first-order chi connectivity index (χ1) is 14.2. The summed E-state index contributed by atoms with van der Waals surface area (Å²) in [5.74, 6) is -0.179.